The van der Waals surface area contributed by atoms with Crippen molar-refractivity contribution in [3.05, 3.63) is 64.0 Å². The molecular weight excluding hydrogens is 488 g/mol. The van der Waals surface area contributed by atoms with Gasteiger partial charge < -0.3 is 5.32 Å². The van der Waals surface area contributed by atoms with Crippen LogP contribution >= 0.6 is 46.0 Å². The second-order valence-corrected chi connectivity index (χ2v) is 12.2. The fraction of sp³-hybridized carbons (Fsp3) is 0.308. The molecule has 2 aromatic heterocycles. The lowest BCUT2D eigenvalue weighted by atomic mass is 9.88. The van der Waals surface area contributed by atoms with E-state index in [4.69, 9.17) is 16.6 Å². The normalized spacial score (nSPS) is 15.5. The monoisotopic (exact) mass is 512 g/mol. The van der Waals surface area contributed by atoms with E-state index >= 15 is 0 Å². The Morgan fingerprint density at radius 2 is 2.00 bits per heavy atom. The molecule has 5 rings (SSSR count). The van der Waals surface area contributed by atoms with Crippen molar-refractivity contribution in [1.29, 1.82) is 0 Å². The Hall–Kier alpha value is -1.86. The van der Waals surface area contributed by atoms with E-state index in [9.17, 15) is 4.79 Å². The molecule has 4 aromatic rings. The van der Waals surface area contributed by atoms with Crippen LogP contribution in [0.4, 0.5) is 5.00 Å². The summed E-state index contributed by atoms with van der Waals surface area (Å²) in [5, 5.41) is 6.00. The molecule has 2 heterocycles. The van der Waals surface area contributed by atoms with Gasteiger partial charge in [-0.15, -0.1) is 34.4 Å². The lowest BCUT2D eigenvalue weighted by molar-refractivity contribution is -0.116. The Labute approximate surface area is 211 Å². The van der Waals surface area contributed by atoms with E-state index in [0.29, 0.717) is 12.3 Å². The Bertz CT molecular complexity index is 1250. The average molecular weight is 513 g/mol. The van der Waals surface area contributed by atoms with Gasteiger partial charge in [0.2, 0.25) is 5.91 Å². The zero-order valence-electron chi connectivity index (χ0n) is 18.4. The number of para-hydroxylation sites is 1. The SMILES string of the molecule is CC1CCc2c(sc(NC(=O)CCCSc3ccc(Cl)cc3)c2-c2nc3ccccc3s2)C1. The molecule has 2 aromatic carbocycles. The van der Waals surface area contributed by atoms with E-state index < -0.39 is 0 Å². The number of thiazole rings is 1. The van der Waals surface area contributed by atoms with Crippen molar-refractivity contribution < 1.29 is 4.79 Å². The van der Waals surface area contributed by atoms with Crippen molar-refractivity contribution in [3.63, 3.8) is 0 Å². The van der Waals surface area contributed by atoms with Gasteiger partial charge in [0.15, 0.2) is 0 Å². The van der Waals surface area contributed by atoms with Crippen LogP contribution < -0.4 is 5.32 Å². The standard InChI is InChI=1S/C26H25ClN2OS3/c1-16-8-13-19-22(15-16)33-26(24(19)25-28-20-5-2-3-6-21(20)32-25)29-23(30)7-4-14-31-18-11-9-17(27)10-12-18/h2-3,5-6,9-12,16H,4,7-8,13-15H2,1H3,(H,29,30). The van der Waals surface area contributed by atoms with E-state index in [1.165, 1.54) is 26.5 Å². The van der Waals surface area contributed by atoms with E-state index in [0.717, 1.165) is 51.1 Å². The van der Waals surface area contributed by atoms with Crippen LogP contribution in [0.2, 0.25) is 5.02 Å². The summed E-state index contributed by atoms with van der Waals surface area (Å²) in [6, 6.07) is 16.1. The molecule has 7 heteroatoms. The van der Waals surface area contributed by atoms with E-state index in [-0.39, 0.29) is 5.91 Å². The number of rotatable bonds is 7. The second kappa shape index (κ2) is 10.2. The third-order valence-electron chi connectivity index (χ3n) is 5.90. The second-order valence-electron chi connectivity index (χ2n) is 8.50. The first-order valence-corrected chi connectivity index (χ1v) is 14.2. The van der Waals surface area contributed by atoms with Gasteiger partial charge in [0.1, 0.15) is 10.0 Å². The third-order valence-corrected chi connectivity index (χ3v) is 9.48. The van der Waals surface area contributed by atoms with Crippen molar-refractivity contribution >= 4 is 67.2 Å². The van der Waals surface area contributed by atoms with Crippen LogP contribution in [-0.2, 0) is 17.6 Å². The van der Waals surface area contributed by atoms with Crippen molar-refractivity contribution in [2.75, 3.05) is 11.1 Å². The topological polar surface area (TPSA) is 42.0 Å². The molecular formula is C26H25ClN2OS3. The molecule has 0 bridgehead atoms. The lowest BCUT2D eigenvalue weighted by Crippen LogP contribution is -2.11. The predicted octanol–water partition coefficient (Wildman–Crippen LogP) is 8.31. The fourth-order valence-corrected chi connectivity index (χ4v) is 7.70. The summed E-state index contributed by atoms with van der Waals surface area (Å²) in [6.45, 7) is 2.32. The summed E-state index contributed by atoms with van der Waals surface area (Å²) in [5.74, 6) is 1.67. The number of thiophene rings is 1. The molecule has 0 fully saturated rings. The number of aromatic nitrogens is 1. The van der Waals surface area contributed by atoms with Gasteiger partial charge in [-0.3, -0.25) is 4.79 Å². The maximum absolute atomic E-state index is 12.9. The number of anilines is 1. The highest BCUT2D eigenvalue weighted by atomic mass is 35.5. The number of nitrogens with zero attached hydrogens (tertiary/aromatic N) is 1. The van der Waals surface area contributed by atoms with Gasteiger partial charge in [0, 0.05) is 26.8 Å². The van der Waals surface area contributed by atoms with Gasteiger partial charge in [0.05, 0.1) is 10.2 Å². The van der Waals surface area contributed by atoms with Crippen LogP contribution in [0.15, 0.2) is 53.4 Å². The summed E-state index contributed by atoms with van der Waals surface area (Å²) in [7, 11) is 0. The molecule has 1 unspecified atom stereocenters. The van der Waals surface area contributed by atoms with Crippen LogP contribution in [0.5, 0.6) is 0 Å². The van der Waals surface area contributed by atoms with Crippen molar-refractivity contribution in [3.8, 4) is 10.6 Å². The number of halogens is 1. The summed E-state index contributed by atoms with van der Waals surface area (Å²) < 4.78 is 1.19. The van der Waals surface area contributed by atoms with Crippen LogP contribution in [0.3, 0.4) is 0 Å². The highest BCUT2D eigenvalue weighted by molar-refractivity contribution is 7.99. The first kappa shape index (κ1) is 22.9. The van der Waals surface area contributed by atoms with Crippen LogP contribution in [0.1, 0.15) is 36.6 Å². The van der Waals surface area contributed by atoms with E-state index in [1.54, 1.807) is 34.4 Å². The highest BCUT2D eigenvalue weighted by Gasteiger charge is 2.27. The largest absolute Gasteiger partial charge is 0.317 e. The number of nitrogens with one attached hydrogen (secondary N) is 1. The zero-order valence-corrected chi connectivity index (χ0v) is 21.6. The van der Waals surface area contributed by atoms with Gasteiger partial charge in [-0.2, -0.15) is 0 Å². The molecule has 1 amide bonds. The summed E-state index contributed by atoms with van der Waals surface area (Å²) in [4.78, 5) is 20.4. The Balaban J connectivity index is 1.31. The maximum atomic E-state index is 12.9. The number of amides is 1. The number of carbonyl (C=O) groups excluding carboxylic acids is 1. The molecule has 0 saturated carbocycles. The minimum atomic E-state index is 0.0840. The molecule has 0 spiro atoms. The Kier molecular flexibility index (Phi) is 7.07. The molecule has 0 saturated heterocycles. The Morgan fingerprint density at radius 3 is 2.82 bits per heavy atom. The van der Waals surface area contributed by atoms with Crippen molar-refractivity contribution in [2.45, 2.75) is 43.9 Å². The number of fused-ring (bicyclic) bond motifs is 2. The van der Waals surface area contributed by atoms with E-state index in [2.05, 4.69) is 30.4 Å². The zero-order chi connectivity index (χ0) is 22.8. The number of benzene rings is 2. The van der Waals surface area contributed by atoms with Gasteiger partial charge in [0.25, 0.3) is 0 Å². The van der Waals surface area contributed by atoms with Crippen LogP contribution in [-0.4, -0.2) is 16.6 Å². The van der Waals surface area contributed by atoms with Crippen molar-refractivity contribution in [1.82, 2.24) is 4.98 Å². The highest BCUT2D eigenvalue weighted by Crippen LogP contribution is 2.47. The third kappa shape index (κ3) is 5.29. The van der Waals surface area contributed by atoms with Gasteiger partial charge in [-0.05, 0) is 79.3 Å². The molecule has 33 heavy (non-hydrogen) atoms. The minimum Gasteiger partial charge on any atom is -0.317 e. The maximum Gasteiger partial charge on any atom is 0.225 e. The first-order valence-electron chi connectivity index (χ1n) is 11.3. The first-order chi connectivity index (χ1) is 16.1. The summed E-state index contributed by atoms with van der Waals surface area (Å²) >= 11 is 11.2. The van der Waals surface area contributed by atoms with Gasteiger partial charge in [-0.25, -0.2) is 4.98 Å². The molecule has 0 radical (unpaired) electrons. The number of thioether (sulfide) groups is 1. The Morgan fingerprint density at radius 1 is 1.18 bits per heavy atom. The molecule has 1 aliphatic rings. The number of hydrogen-bond acceptors (Lipinski definition) is 5. The molecule has 1 atom stereocenters. The average Bonchev–Trinajstić information content (AvgIpc) is 3.38. The minimum absolute atomic E-state index is 0.0840. The number of hydrogen-bond donors (Lipinski definition) is 1. The molecule has 1 aliphatic carbocycles. The van der Waals surface area contributed by atoms with Crippen molar-refractivity contribution in [2.24, 2.45) is 5.92 Å². The number of carbonyl (C=O) groups is 1. The molecule has 3 nitrogen and oxygen atoms in total. The van der Waals surface area contributed by atoms with Crippen LogP contribution in [0.25, 0.3) is 20.8 Å². The molecule has 170 valence electrons. The smallest absolute Gasteiger partial charge is 0.225 e. The van der Waals surface area contributed by atoms with Crippen LogP contribution in [0, 0.1) is 5.92 Å². The predicted molar refractivity (Wildman–Crippen MR) is 144 cm³/mol. The quantitative estimate of drug-likeness (QED) is 0.200. The van der Waals surface area contributed by atoms with E-state index in [1.807, 2.05) is 30.3 Å². The van der Waals surface area contributed by atoms with Gasteiger partial charge in [-0.1, -0.05) is 30.7 Å². The molecule has 1 N–H and O–H groups in total. The fourth-order valence-electron chi connectivity index (χ4n) is 4.19. The summed E-state index contributed by atoms with van der Waals surface area (Å²) in [6.07, 6.45) is 4.69. The van der Waals surface area contributed by atoms with Gasteiger partial charge >= 0.3 is 0 Å². The summed E-state index contributed by atoms with van der Waals surface area (Å²) in [5.41, 5.74) is 3.58. The molecule has 0 aliphatic heterocycles. The lowest BCUT2D eigenvalue weighted by Gasteiger charge is -2.18.